The highest BCUT2D eigenvalue weighted by Gasteiger charge is 2.02. The van der Waals surface area contributed by atoms with E-state index in [1.165, 1.54) is 0 Å². The van der Waals surface area contributed by atoms with Crippen LogP contribution in [0, 0.1) is 12.3 Å². The summed E-state index contributed by atoms with van der Waals surface area (Å²) in [5.41, 5.74) is 1.36. The molecule has 0 spiro atoms. The van der Waals surface area contributed by atoms with Crippen LogP contribution in [-0.2, 0) is 6.54 Å². The Hall–Kier alpha value is -1.50. The van der Waals surface area contributed by atoms with E-state index in [4.69, 9.17) is 11.5 Å². The summed E-state index contributed by atoms with van der Waals surface area (Å²) in [5, 5.41) is 8.70. The maximum Gasteiger partial charge on any atom is 0.335 e. The number of benzene rings is 1. The van der Waals surface area contributed by atoms with Gasteiger partial charge in [-0.1, -0.05) is 18.1 Å². The van der Waals surface area contributed by atoms with Gasteiger partial charge in [0.1, 0.15) is 0 Å². The van der Waals surface area contributed by atoms with Crippen LogP contribution in [0.25, 0.3) is 0 Å². The van der Waals surface area contributed by atoms with Crippen LogP contribution in [0.1, 0.15) is 15.9 Å². The Balaban J connectivity index is 0.00000225. The molecule has 0 amide bonds. The first-order valence-electron chi connectivity index (χ1n) is 4.57. The number of terminal acetylenes is 1. The normalized spacial score (nSPS) is 9.31. The van der Waals surface area contributed by atoms with Crippen LogP contribution in [0.15, 0.2) is 24.3 Å². The van der Waals surface area contributed by atoms with Gasteiger partial charge in [-0.05, 0) is 24.7 Å². The average molecular weight is 240 g/mol. The Labute approximate surface area is 101 Å². The van der Waals surface area contributed by atoms with Crippen LogP contribution in [0.3, 0.4) is 0 Å². The third-order valence-corrected chi connectivity index (χ3v) is 2.01. The fraction of sp³-hybridized carbons (Fsp3) is 0.250. The molecule has 16 heavy (non-hydrogen) atoms. The number of hydrogen-bond acceptors (Lipinski definition) is 2. The molecule has 1 N–H and O–H groups in total. The predicted molar refractivity (Wildman–Crippen MR) is 65.8 cm³/mol. The van der Waals surface area contributed by atoms with E-state index in [0.29, 0.717) is 12.1 Å². The van der Waals surface area contributed by atoms with E-state index < -0.39 is 5.97 Å². The number of carboxylic acid groups (broad SMARTS) is 1. The van der Waals surface area contributed by atoms with Crippen molar-refractivity contribution in [2.24, 2.45) is 0 Å². The van der Waals surface area contributed by atoms with Crippen molar-refractivity contribution in [1.29, 1.82) is 0 Å². The second-order valence-corrected chi connectivity index (χ2v) is 3.38. The van der Waals surface area contributed by atoms with Crippen molar-refractivity contribution in [2.75, 3.05) is 13.6 Å². The smallest absolute Gasteiger partial charge is 0.335 e. The Morgan fingerprint density at radius 1 is 1.44 bits per heavy atom. The molecule has 0 fully saturated rings. The minimum absolute atomic E-state index is 0. The second-order valence-electron chi connectivity index (χ2n) is 3.38. The average Bonchev–Trinajstić information content (AvgIpc) is 2.18. The Morgan fingerprint density at radius 3 is 2.44 bits per heavy atom. The van der Waals surface area contributed by atoms with E-state index in [2.05, 4.69) is 5.92 Å². The summed E-state index contributed by atoms with van der Waals surface area (Å²) in [5.74, 6) is 1.64. The summed E-state index contributed by atoms with van der Waals surface area (Å²) in [6.07, 6.45) is 5.18. The number of rotatable bonds is 4. The highest BCUT2D eigenvalue weighted by atomic mass is 35.5. The third-order valence-electron chi connectivity index (χ3n) is 2.01. The van der Waals surface area contributed by atoms with Crippen molar-refractivity contribution >= 4 is 18.4 Å². The summed E-state index contributed by atoms with van der Waals surface area (Å²) in [7, 11) is 1.92. The van der Waals surface area contributed by atoms with Crippen LogP contribution < -0.4 is 0 Å². The van der Waals surface area contributed by atoms with Crippen molar-refractivity contribution in [3.05, 3.63) is 35.4 Å². The van der Waals surface area contributed by atoms with E-state index in [9.17, 15) is 4.79 Å². The van der Waals surface area contributed by atoms with Crippen molar-refractivity contribution in [3.8, 4) is 12.3 Å². The molecule has 0 aromatic heterocycles. The van der Waals surface area contributed by atoms with Gasteiger partial charge < -0.3 is 5.11 Å². The molecule has 1 aromatic carbocycles. The van der Waals surface area contributed by atoms with Crippen molar-refractivity contribution in [1.82, 2.24) is 4.90 Å². The zero-order valence-electron chi connectivity index (χ0n) is 9.01. The quantitative estimate of drug-likeness (QED) is 0.816. The van der Waals surface area contributed by atoms with Gasteiger partial charge in [-0.25, -0.2) is 4.79 Å². The van der Waals surface area contributed by atoms with Crippen LogP contribution in [0.5, 0.6) is 0 Å². The van der Waals surface area contributed by atoms with E-state index in [1.54, 1.807) is 24.3 Å². The van der Waals surface area contributed by atoms with E-state index >= 15 is 0 Å². The molecule has 86 valence electrons. The third kappa shape index (κ3) is 4.35. The number of hydrogen-bond donors (Lipinski definition) is 1. The molecule has 0 atom stereocenters. The lowest BCUT2D eigenvalue weighted by Crippen LogP contribution is -2.17. The molecule has 0 aliphatic heterocycles. The lowest BCUT2D eigenvalue weighted by Gasteiger charge is -2.12. The van der Waals surface area contributed by atoms with Crippen molar-refractivity contribution in [2.45, 2.75) is 6.54 Å². The van der Waals surface area contributed by atoms with Crippen LogP contribution in [-0.4, -0.2) is 29.6 Å². The summed E-state index contributed by atoms with van der Waals surface area (Å²) < 4.78 is 0. The molecule has 0 aliphatic carbocycles. The van der Waals surface area contributed by atoms with Crippen molar-refractivity contribution < 1.29 is 9.90 Å². The zero-order chi connectivity index (χ0) is 11.3. The highest BCUT2D eigenvalue weighted by Crippen LogP contribution is 2.06. The molecule has 1 aromatic rings. The number of aromatic carboxylic acids is 1. The maximum absolute atomic E-state index is 10.6. The predicted octanol–water partition coefficient (Wildman–Crippen LogP) is 1.87. The summed E-state index contributed by atoms with van der Waals surface area (Å²) in [6, 6.07) is 6.80. The van der Waals surface area contributed by atoms with Crippen LogP contribution >= 0.6 is 12.4 Å². The molecule has 0 aliphatic rings. The molecule has 4 heteroatoms. The van der Waals surface area contributed by atoms with Gasteiger partial charge in [0.05, 0.1) is 12.1 Å². The minimum atomic E-state index is -0.904. The first kappa shape index (κ1) is 14.5. The molecule has 0 radical (unpaired) electrons. The van der Waals surface area contributed by atoms with Gasteiger partial charge in [-0.3, -0.25) is 4.90 Å². The highest BCUT2D eigenvalue weighted by molar-refractivity contribution is 5.87. The lowest BCUT2D eigenvalue weighted by atomic mass is 10.1. The minimum Gasteiger partial charge on any atom is -0.478 e. The molecule has 0 unspecified atom stereocenters. The van der Waals surface area contributed by atoms with Crippen LogP contribution in [0.4, 0.5) is 0 Å². The monoisotopic (exact) mass is 239 g/mol. The van der Waals surface area contributed by atoms with Gasteiger partial charge in [0.25, 0.3) is 0 Å². The zero-order valence-corrected chi connectivity index (χ0v) is 9.83. The SMILES string of the molecule is C#CCN(C)Cc1ccc(C(=O)O)cc1.Cl. The van der Waals surface area contributed by atoms with E-state index in [-0.39, 0.29) is 12.4 Å². The topological polar surface area (TPSA) is 40.5 Å². The number of carbonyl (C=O) groups is 1. The second kappa shape index (κ2) is 6.89. The molecule has 1 rings (SSSR count). The van der Waals surface area contributed by atoms with E-state index in [0.717, 1.165) is 12.1 Å². The van der Waals surface area contributed by atoms with Gasteiger partial charge in [0, 0.05) is 6.54 Å². The molecule has 0 saturated heterocycles. The number of halogens is 1. The Bertz CT molecular complexity index is 381. The lowest BCUT2D eigenvalue weighted by molar-refractivity contribution is 0.0697. The Morgan fingerprint density at radius 2 is 2.00 bits per heavy atom. The van der Waals surface area contributed by atoms with Gasteiger partial charge in [0.15, 0.2) is 0 Å². The fourth-order valence-electron chi connectivity index (χ4n) is 1.28. The molecule has 0 saturated carbocycles. The van der Waals surface area contributed by atoms with E-state index in [1.807, 2.05) is 11.9 Å². The largest absolute Gasteiger partial charge is 0.478 e. The fourth-order valence-corrected chi connectivity index (χ4v) is 1.28. The first-order chi connectivity index (χ1) is 7.13. The Kier molecular flexibility index (Phi) is 6.24. The van der Waals surface area contributed by atoms with Gasteiger partial charge in [0.2, 0.25) is 0 Å². The van der Waals surface area contributed by atoms with Gasteiger partial charge in [-0.2, -0.15) is 0 Å². The van der Waals surface area contributed by atoms with Crippen LogP contribution in [0.2, 0.25) is 0 Å². The maximum atomic E-state index is 10.6. The first-order valence-corrected chi connectivity index (χ1v) is 4.57. The number of nitrogens with zero attached hydrogens (tertiary/aromatic N) is 1. The molecular formula is C12H14ClNO2. The number of carboxylic acids is 1. The summed E-state index contributed by atoms with van der Waals surface area (Å²) in [6.45, 7) is 1.31. The van der Waals surface area contributed by atoms with Gasteiger partial charge in [-0.15, -0.1) is 18.8 Å². The summed E-state index contributed by atoms with van der Waals surface area (Å²) in [4.78, 5) is 12.6. The molecule has 0 bridgehead atoms. The molecule has 0 heterocycles. The molecular weight excluding hydrogens is 226 g/mol. The standard InChI is InChI=1S/C12H13NO2.ClH/c1-3-8-13(2)9-10-4-6-11(7-5-10)12(14)15;/h1,4-7H,8-9H2,2H3,(H,14,15);1H. The van der Waals surface area contributed by atoms with Crippen molar-refractivity contribution in [3.63, 3.8) is 0 Å². The summed E-state index contributed by atoms with van der Waals surface area (Å²) >= 11 is 0. The molecule has 3 nitrogen and oxygen atoms in total. The van der Waals surface area contributed by atoms with Gasteiger partial charge >= 0.3 is 5.97 Å².